The molecule has 1 heterocycles. The van der Waals surface area contributed by atoms with Gasteiger partial charge in [-0.3, -0.25) is 9.69 Å². The van der Waals surface area contributed by atoms with E-state index >= 15 is 0 Å². The maximum Gasteiger partial charge on any atom is 0.239 e. The first kappa shape index (κ1) is 14.5. The van der Waals surface area contributed by atoms with Gasteiger partial charge in [0.15, 0.2) is 0 Å². The van der Waals surface area contributed by atoms with Crippen molar-refractivity contribution in [3.63, 3.8) is 0 Å². The fourth-order valence-corrected chi connectivity index (χ4v) is 3.26. The molecule has 1 saturated carbocycles. The maximum atomic E-state index is 12.0. The molecule has 1 saturated heterocycles. The first-order valence-electron chi connectivity index (χ1n) is 7.99. The smallest absolute Gasteiger partial charge is 0.239 e. The Balaban J connectivity index is 1.64. The minimum atomic E-state index is -0.382. The topological polar surface area (TPSA) is 49.6 Å². The van der Waals surface area contributed by atoms with Crippen molar-refractivity contribution in [1.82, 2.24) is 9.80 Å². The zero-order valence-corrected chi connectivity index (χ0v) is 12.7. The van der Waals surface area contributed by atoms with E-state index in [1.165, 1.54) is 18.4 Å². The van der Waals surface area contributed by atoms with Crippen LogP contribution in [-0.4, -0.2) is 46.9 Å². The molecule has 0 aromatic heterocycles. The van der Waals surface area contributed by atoms with Gasteiger partial charge in [0, 0.05) is 31.7 Å². The summed E-state index contributed by atoms with van der Waals surface area (Å²) in [7, 11) is 0. The SMILES string of the molecule is C[C@H](N)C(=O)N1CC[C@@H](N(Cc2ccccc2)C2CC2)C1. The van der Waals surface area contributed by atoms with Crippen LogP contribution in [0.2, 0.25) is 0 Å². The minimum absolute atomic E-state index is 0.0907. The number of amides is 1. The van der Waals surface area contributed by atoms with Gasteiger partial charge in [-0.25, -0.2) is 0 Å². The summed E-state index contributed by atoms with van der Waals surface area (Å²) in [5, 5.41) is 0. The summed E-state index contributed by atoms with van der Waals surface area (Å²) >= 11 is 0. The lowest BCUT2D eigenvalue weighted by Gasteiger charge is -2.29. The average Bonchev–Trinajstić information content (AvgIpc) is 3.22. The van der Waals surface area contributed by atoms with Crippen LogP contribution in [0.3, 0.4) is 0 Å². The van der Waals surface area contributed by atoms with E-state index < -0.39 is 0 Å². The van der Waals surface area contributed by atoms with Gasteiger partial charge in [-0.05, 0) is 31.7 Å². The van der Waals surface area contributed by atoms with E-state index in [0.29, 0.717) is 12.1 Å². The number of carbonyl (C=O) groups excluding carboxylic acids is 1. The number of benzene rings is 1. The molecule has 2 atom stereocenters. The molecule has 1 aliphatic heterocycles. The van der Waals surface area contributed by atoms with Gasteiger partial charge in [0.25, 0.3) is 0 Å². The standard InChI is InChI=1S/C17H25N3O/c1-13(18)17(21)19-10-9-16(12-19)20(15-7-8-15)11-14-5-3-2-4-6-14/h2-6,13,15-16H,7-12,18H2,1H3/t13-,16+/m0/s1. The molecule has 0 unspecified atom stereocenters. The molecule has 4 heteroatoms. The normalized spacial score (nSPS) is 23.6. The molecule has 114 valence electrons. The molecule has 0 radical (unpaired) electrons. The van der Waals surface area contributed by atoms with E-state index in [1.54, 1.807) is 6.92 Å². The molecule has 1 aromatic rings. The maximum absolute atomic E-state index is 12.0. The van der Waals surface area contributed by atoms with Crippen LogP contribution in [-0.2, 0) is 11.3 Å². The lowest BCUT2D eigenvalue weighted by molar-refractivity contribution is -0.131. The number of hydrogen-bond donors (Lipinski definition) is 1. The Kier molecular flexibility index (Phi) is 4.27. The molecule has 0 spiro atoms. The Morgan fingerprint density at radius 2 is 2.00 bits per heavy atom. The van der Waals surface area contributed by atoms with E-state index in [9.17, 15) is 4.79 Å². The second-order valence-electron chi connectivity index (χ2n) is 6.40. The van der Waals surface area contributed by atoms with Crippen LogP contribution >= 0.6 is 0 Å². The fraction of sp³-hybridized carbons (Fsp3) is 0.588. The fourth-order valence-electron chi connectivity index (χ4n) is 3.26. The zero-order chi connectivity index (χ0) is 14.8. The third kappa shape index (κ3) is 3.44. The number of rotatable bonds is 5. The molecular formula is C17H25N3O. The summed E-state index contributed by atoms with van der Waals surface area (Å²) in [6, 6.07) is 11.4. The van der Waals surface area contributed by atoms with Gasteiger partial charge in [-0.1, -0.05) is 30.3 Å². The third-order valence-electron chi connectivity index (χ3n) is 4.56. The highest BCUT2D eigenvalue weighted by Crippen LogP contribution is 2.33. The van der Waals surface area contributed by atoms with Crippen LogP contribution in [0.4, 0.5) is 0 Å². The summed E-state index contributed by atoms with van der Waals surface area (Å²) < 4.78 is 0. The van der Waals surface area contributed by atoms with Crippen LogP contribution < -0.4 is 5.73 Å². The van der Waals surface area contributed by atoms with Crippen LogP contribution in [0.5, 0.6) is 0 Å². The molecule has 2 fully saturated rings. The molecule has 21 heavy (non-hydrogen) atoms. The van der Waals surface area contributed by atoms with E-state index in [4.69, 9.17) is 5.73 Å². The van der Waals surface area contributed by atoms with Crippen molar-refractivity contribution in [3.8, 4) is 0 Å². The van der Waals surface area contributed by atoms with E-state index in [0.717, 1.165) is 26.1 Å². The van der Waals surface area contributed by atoms with Gasteiger partial charge in [-0.2, -0.15) is 0 Å². The highest BCUT2D eigenvalue weighted by Gasteiger charge is 2.38. The van der Waals surface area contributed by atoms with Crippen molar-refractivity contribution < 1.29 is 4.79 Å². The summed E-state index contributed by atoms with van der Waals surface area (Å²) in [5.74, 6) is 0.0907. The van der Waals surface area contributed by atoms with E-state index in [2.05, 4.69) is 35.2 Å². The Morgan fingerprint density at radius 3 is 2.62 bits per heavy atom. The van der Waals surface area contributed by atoms with Crippen molar-refractivity contribution in [3.05, 3.63) is 35.9 Å². The third-order valence-corrected chi connectivity index (χ3v) is 4.56. The van der Waals surface area contributed by atoms with Crippen molar-refractivity contribution in [2.45, 2.75) is 50.9 Å². The summed E-state index contributed by atoms with van der Waals surface area (Å²) in [6.45, 7) is 4.46. The molecule has 3 rings (SSSR count). The van der Waals surface area contributed by atoms with Crippen LogP contribution in [0.25, 0.3) is 0 Å². The Bertz CT molecular complexity index is 484. The molecule has 1 amide bonds. The van der Waals surface area contributed by atoms with Crippen molar-refractivity contribution in [1.29, 1.82) is 0 Å². The number of nitrogens with two attached hydrogens (primary N) is 1. The molecule has 4 nitrogen and oxygen atoms in total. The van der Waals surface area contributed by atoms with Crippen LogP contribution in [0, 0.1) is 0 Å². The average molecular weight is 287 g/mol. The van der Waals surface area contributed by atoms with Crippen molar-refractivity contribution in [2.75, 3.05) is 13.1 Å². The zero-order valence-electron chi connectivity index (χ0n) is 12.7. The van der Waals surface area contributed by atoms with Gasteiger partial charge in [0.2, 0.25) is 5.91 Å². The second-order valence-corrected chi connectivity index (χ2v) is 6.40. The van der Waals surface area contributed by atoms with Crippen molar-refractivity contribution in [2.24, 2.45) is 5.73 Å². The quantitative estimate of drug-likeness (QED) is 0.895. The monoisotopic (exact) mass is 287 g/mol. The van der Waals surface area contributed by atoms with Gasteiger partial charge in [0.1, 0.15) is 0 Å². The summed E-state index contributed by atoms with van der Waals surface area (Å²) in [5.41, 5.74) is 7.09. The molecule has 1 aliphatic carbocycles. The van der Waals surface area contributed by atoms with E-state index in [1.807, 2.05) is 4.90 Å². The van der Waals surface area contributed by atoms with Crippen molar-refractivity contribution >= 4 is 5.91 Å². The Morgan fingerprint density at radius 1 is 1.29 bits per heavy atom. The lowest BCUT2D eigenvalue weighted by Crippen LogP contribution is -2.44. The largest absolute Gasteiger partial charge is 0.340 e. The minimum Gasteiger partial charge on any atom is -0.340 e. The van der Waals surface area contributed by atoms with Crippen LogP contribution in [0.15, 0.2) is 30.3 Å². The number of carbonyl (C=O) groups is 1. The molecule has 2 aliphatic rings. The molecule has 0 bridgehead atoms. The summed E-state index contributed by atoms with van der Waals surface area (Å²) in [6.07, 6.45) is 3.66. The van der Waals surface area contributed by atoms with E-state index in [-0.39, 0.29) is 11.9 Å². The molecular weight excluding hydrogens is 262 g/mol. The second kappa shape index (κ2) is 6.16. The molecule has 2 N–H and O–H groups in total. The van der Waals surface area contributed by atoms with Gasteiger partial charge in [-0.15, -0.1) is 0 Å². The van der Waals surface area contributed by atoms with Crippen LogP contribution in [0.1, 0.15) is 31.7 Å². The van der Waals surface area contributed by atoms with Gasteiger partial charge < -0.3 is 10.6 Å². The Labute approximate surface area is 126 Å². The Hall–Kier alpha value is -1.39. The highest BCUT2D eigenvalue weighted by atomic mass is 16.2. The highest BCUT2D eigenvalue weighted by molar-refractivity contribution is 5.81. The van der Waals surface area contributed by atoms with Gasteiger partial charge in [0.05, 0.1) is 6.04 Å². The van der Waals surface area contributed by atoms with Gasteiger partial charge >= 0.3 is 0 Å². The number of hydrogen-bond acceptors (Lipinski definition) is 3. The number of nitrogens with zero attached hydrogens (tertiary/aromatic N) is 2. The molecule has 1 aromatic carbocycles. The summed E-state index contributed by atoms with van der Waals surface area (Å²) in [4.78, 5) is 16.6. The first-order valence-corrected chi connectivity index (χ1v) is 7.99. The number of likely N-dealkylation sites (tertiary alicyclic amines) is 1. The lowest BCUT2D eigenvalue weighted by atomic mass is 10.1. The predicted molar refractivity (Wildman–Crippen MR) is 83.6 cm³/mol. The predicted octanol–water partition coefficient (Wildman–Crippen LogP) is 1.60. The first-order chi connectivity index (χ1) is 10.1.